The number of imidazole rings is 1. The molecule has 8 nitrogen and oxygen atoms in total. The molecule has 132 valence electrons. The predicted octanol–water partition coefficient (Wildman–Crippen LogP) is 0.935. The maximum absolute atomic E-state index is 12.4. The molecule has 2 heterocycles. The van der Waals surface area contributed by atoms with Gasteiger partial charge in [0.25, 0.3) is 5.91 Å². The second-order valence-corrected chi connectivity index (χ2v) is 6.13. The second-order valence-electron chi connectivity index (χ2n) is 6.13. The first-order valence-corrected chi connectivity index (χ1v) is 8.28. The molecule has 0 atom stereocenters. The van der Waals surface area contributed by atoms with Crippen LogP contribution in [0.1, 0.15) is 30.1 Å². The van der Waals surface area contributed by atoms with Crippen molar-refractivity contribution in [3.05, 3.63) is 42.6 Å². The molecule has 0 bridgehead atoms. The summed E-state index contributed by atoms with van der Waals surface area (Å²) in [4.78, 5) is 33.4. The molecule has 2 N–H and O–H groups in total. The lowest BCUT2D eigenvalue weighted by molar-refractivity contribution is -0.139. The third-order valence-corrected chi connectivity index (χ3v) is 4.49. The Hall–Kier alpha value is -2.74. The van der Waals surface area contributed by atoms with E-state index in [9.17, 15) is 9.59 Å². The Morgan fingerprint density at radius 3 is 2.84 bits per heavy atom. The van der Waals surface area contributed by atoms with Crippen molar-refractivity contribution in [3.63, 3.8) is 0 Å². The molecule has 8 heteroatoms. The van der Waals surface area contributed by atoms with Crippen LogP contribution in [0.5, 0.6) is 0 Å². The molecule has 1 saturated carbocycles. The smallest absolute Gasteiger partial charge is 0.317 e. The van der Waals surface area contributed by atoms with Crippen LogP contribution in [0.3, 0.4) is 0 Å². The minimum Gasteiger partial charge on any atom is -0.480 e. The normalized spacial score (nSPS) is 19.4. The van der Waals surface area contributed by atoms with Crippen LogP contribution >= 0.6 is 0 Å². The largest absolute Gasteiger partial charge is 0.480 e. The van der Waals surface area contributed by atoms with E-state index in [2.05, 4.69) is 15.3 Å². The molecule has 0 saturated heterocycles. The van der Waals surface area contributed by atoms with E-state index in [4.69, 9.17) is 5.11 Å². The summed E-state index contributed by atoms with van der Waals surface area (Å²) in [6.07, 6.45) is 8.18. The molecular formula is C17H21N5O3. The van der Waals surface area contributed by atoms with Crippen LogP contribution in [-0.2, 0) is 4.79 Å². The first-order chi connectivity index (χ1) is 12.1. The number of aliphatic carboxylic acids is 1. The van der Waals surface area contributed by atoms with E-state index in [0.29, 0.717) is 17.9 Å². The molecule has 1 aliphatic carbocycles. The summed E-state index contributed by atoms with van der Waals surface area (Å²) in [6, 6.07) is 3.68. The number of carbonyl (C=O) groups is 2. The van der Waals surface area contributed by atoms with Gasteiger partial charge in [0.15, 0.2) is 0 Å². The minimum atomic E-state index is -0.821. The molecular weight excluding hydrogens is 322 g/mol. The van der Waals surface area contributed by atoms with E-state index >= 15 is 0 Å². The van der Waals surface area contributed by atoms with E-state index in [0.717, 1.165) is 12.8 Å². The highest BCUT2D eigenvalue weighted by Gasteiger charge is 2.34. The Kier molecular flexibility index (Phi) is 5.08. The molecule has 0 spiro atoms. The van der Waals surface area contributed by atoms with Gasteiger partial charge in [0.2, 0.25) is 0 Å². The first kappa shape index (κ1) is 17.1. The number of aromatic nitrogens is 3. The van der Waals surface area contributed by atoms with Gasteiger partial charge in [-0.3, -0.25) is 19.1 Å². The number of carboxylic acids is 1. The quantitative estimate of drug-likeness (QED) is 0.776. The standard InChI is InChI=1S/C17H21N5O3/c1-2-21(10-16(23)24)14-8-13(9-14)20-17(25)12-3-4-19-15(7-12)22-6-5-18-11-22/h3-7,11,13-14H,2,8-10H2,1H3,(H,20,25)(H,23,24). The Bertz CT molecular complexity index is 741. The summed E-state index contributed by atoms with van der Waals surface area (Å²) in [6.45, 7) is 2.68. The van der Waals surface area contributed by atoms with Gasteiger partial charge < -0.3 is 10.4 Å². The van der Waals surface area contributed by atoms with E-state index in [1.54, 1.807) is 41.6 Å². The monoisotopic (exact) mass is 343 g/mol. The maximum atomic E-state index is 12.4. The van der Waals surface area contributed by atoms with E-state index < -0.39 is 5.97 Å². The molecule has 1 amide bonds. The molecule has 0 aromatic carbocycles. The molecule has 0 aliphatic heterocycles. The number of likely N-dealkylation sites (N-methyl/N-ethyl adjacent to an activating group) is 1. The molecule has 0 unspecified atom stereocenters. The molecule has 2 aromatic rings. The topological polar surface area (TPSA) is 100 Å². The van der Waals surface area contributed by atoms with Crippen LogP contribution in [0.2, 0.25) is 0 Å². The Labute approximate surface area is 145 Å². The number of nitrogens with zero attached hydrogens (tertiary/aromatic N) is 4. The molecule has 0 radical (unpaired) electrons. The minimum absolute atomic E-state index is 0.0421. The third-order valence-electron chi connectivity index (χ3n) is 4.49. The summed E-state index contributed by atoms with van der Waals surface area (Å²) >= 11 is 0. The Morgan fingerprint density at radius 2 is 2.20 bits per heavy atom. The van der Waals surface area contributed by atoms with Crippen LogP contribution in [0.4, 0.5) is 0 Å². The molecule has 1 fully saturated rings. The van der Waals surface area contributed by atoms with E-state index in [1.807, 2.05) is 11.8 Å². The third kappa shape index (κ3) is 4.03. The number of hydrogen-bond donors (Lipinski definition) is 2. The fourth-order valence-electron chi connectivity index (χ4n) is 3.04. The van der Waals surface area contributed by atoms with Crippen molar-refractivity contribution in [2.75, 3.05) is 13.1 Å². The van der Waals surface area contributed by atoms with Crippen molar-refractivity contribution >= 4 is 11.9 Å². The molecule has 2 aromatic heterocycles. The summed E-state index contributed by atoms with van der Waals surface area (Å²) in [7, 11) is 0. The number of carboxylic acid groups (broad SMARTS) is 1. The molecule has 25 heavy (non-hydrogen) atoms. The lowest BCUT2D eigenvalue weighted by Gasteiger charge is -2.42. The number of rotatable bonds is 7. The fourth-order valence-corrected chi connectivity index (χ4v) is 3.04. The zero-order valence-corrected chi connectivity index (χ0v) is 14.0. The Balaban J connectivity index is 1.56. The number of nitrogens with one attached hydrogen (secondary N) is 1. The van der Waals surface area contributed by atoms with Crippen molar-refractivity contribution in [2.45, 2.75) is 31.8 Å². The molecule has 3 rings (SSSR count). The summed E-state index contributed by atoms with van der Waals surface area (Å²) in [5, 5.41) is 11.9. The van der Waals surface area contributed by atoms with Gasteiger partial charge in [0.1, 0.15) is 12.1 Å². The van der Waals surface area contributed by atoms with Crippen LogP contribution in [-0.4, -0.2) is 61.6 Å². The maximum Gasteiger partial charge on any atom is 0.317 e. The van der Waals surface area contributed by atoms with Gasteiger partial charge in [-0.15, -0.1) is 0 Å². The van der Waals surface area contributed by atoms with Gasteiger partial charge in [0.05, 0.1) is 6.54 Å². The zero-order chi connectivity index (χ0) is 17.8. The second kappa shape index (κ2) is 7.43. The van der Waals surface area contributed by atoms with Gasteiger partial charge in [-0.1, -0.05) is 6.92 Å². The average molecular weight is 343 g/mol. The van der Waals surface area contributed by atoms with E-state index in [1.165, 1.54) is 0 Å². The van der Waals surface area contributed by atoms with Gasteiger partial charge in [-0.2, -0.15) is 0 Å². The van der Waals surface area contributed by atoms with Crippen molar-refractivity contribution in [1.82, 2.24) is 24.8 Å². The predicted molar refractivity (Wildman–Crippen MR) is 90.5 cm³/mol. The highest BCUT2D eigenvalue weighted by molar-refractivity contribution is 5.94. The number of hydrogen-bond acceptors (Lipinski definition) is 5. The zero-order valence-electron chi connectivity index (χ0n) is 14.0. The summed E-state index contributed by atoms with van der Waals surface area (Å²) in [5.41, 5.74) is 0.542. The first-order valence-electron chi connectivity index (χ1n) is 8.28. The van der Waals surface area contributed by atoms with Crippen molar-refractivity contribution in [1.29, 1.82) is 0 Å². The number of amides is 1. The summed E-state index contributed by atoms with van der Waals surface area (Å²) in [5.74, 6) is -0.332. The number of carbonyl (C=O) groups excluding carboxylic acids is 1. The van der Waals surface area contributed by atoms with Gasteiger partial charge in [0, 0.05) is 36.2 Å². The van der Waals surface area contributed by atoms with Crippen LogP contribution in [0, 0.1) is 0 Å². The van der Waals surface area contributed by atoms with Crippen molar-refractivity contribution < 1.29 is 14.7 Å². The highest BCUT2D eigenvalue weighted by Crippen LogP contribution is 2.26. The van der Waals surface area contributed by atoms with Gasteiger partial charge >= 0.3 is 5.97 Å². The van der Waals surface area contributed by atoms with Gasteiger partial charge in [-0.25, -0.2) is 9.97 Å². The van der Waals surface area contributed by atoms with Crippen LogP contribution in [0.25, 0.3) is 5.82 Å². The highest BCUT2D eigenvalue weighted by atomic mass is 16.4. The average Bonchev–Trinajstić information content (AvgIpc) is 3.10. The SMILES string of the molecule is CCN(CC(=O)O)C1CC(NC(=O)c2ccnc(-n3ccnc3)c2)C1. The number of pyridine rings is 1. The Morgan fingerprint density at radius 1 is 1.40 bits per heavy atom. The van der Waals surface area contributed by atoms with Crippen molar-refractivity contribution in [3.8, 4) is 5.82 Å². The van der Waals surface area contributed by atoms with E-state index in [-0.39, 0.29) is 24.5 Å². The summed E-state index contributed by atoms with van der Waals surface area (Å²) < 4.78 is 1.74. The van der Waals surface area contributed by atoms with Crippen LogP contribution < -0.4 is 5.32 Å². The lowest BCUT2D eigenvalue weighted by Crippen LogP contribution is -2.54. The van der Waals surface area contributed by atoms with Crippen molar-refractivity contribution in [2.24, 2.45) is 0 Å². The van der Waals surface area contributed by atoms with Crippen LogP contribution in [0.15, 0.2) is 37.1 Å². The van der Waals surface area contributed by atoms with Gasteiger partial charge in [-0.05, 0) is 31.5 Å². The molecule has 1 aliphatic rings. The fraction of sp³-hybridized carbons (Fsp3) is 0.412. The lowest BCUT2D eigenvalue weighted by atomic mass is 9.85.